The molecule has 26 heavy (non-hydrogen) atoms. The lowest BCUT2D eigenvalue weighted by Gasteiger charge is -2.34. The fraction of sp³-hybridized carbons (Fsp3) is 0.562. The number of hydrogen-bond acceptors (Lipinski definition) is 5. The van der Waals surface area contributed by atoms with Crippen LogP contribution in [-0.2, 0) is 0 Å². The second-order valence-electron chi connectivity index (χ2n) is 5.72. The maximum atomic E-state index is 12.4. The van der Waals surface area contributed by atoms with Gasteiger partial charge in [-0.15, -0.1) is 0 Å². The molecule has 0 saturated carbocycles. The minimum absolute atomic E-state index is 0.169. The Morgan fingerprint density at radius 3 is 2.00 bits per heavy atom. The number of methoxy groups -OCH3 is 3. The van der Waals surface area contributed by atoms with Crippen LogP contribution in [0.4, 0.5) is 23.7 Å². The van der Waals surface area contributed by atoms with Crippen molar-refractivity contribution in [2.24, 2.45) is 0 Å². The number of nitrogens with one attached hydrogen (secondary N) is 1. The minimum atomic E-state index is -4.24. The lowest BCUT2D eigenvalue weighted by molar-refractivity contribution is -0.148. The van der Waals surface area contributed by atoms with Gasteiger partial charge in [-0.25, -0.2) is 4.79 Å². The van der Waals surface area contributed by atoms with Gasteiger partial charge in [-0.1, -0.05) is 0 Å². The first kappa shape index (κ1) is 20.0. The molecule has 10 heteroatoms. The number of urea groups is 1. The van der Waals surface area contributed by atoms with Crippen molar-refractivity contribution in [2.75, 3.05) is 59.4 Å². The highest BCUT2D eigenvalue weighted by molar-refractivity contribution is 5.90. The van der Waals surface area contributed by atoms with E-state index in [1.54, 1.807) is 12.1 Å². The van der Waals surface area contributed by atoms with E-state index in [4.69, 9.17) is 14.2 Å². The Kier molecular flexibility index (Phi) is 6.41. The topological polar surface area (TPSA) is 63.3 Å². The maximum Gasteiger partial charge on any atom is 0.401 e. The molecular weight excluding hydrogens is 355 g/mol. The number of alkyl halides is 3. The average molecular weight is 377 g/mol. The Labute approximate surface area is 149 Å². The van der Waals surface area contributed by atoms with Gasteiger partial charge in [0.05, 0.1) is 33.6 Å². The molecule has 1 aliphatic heterocycles. The summed E-state index contributed by atoms with van der Waals surface area (Å²) in [5, 5.41) is 2.71. The van der Waals surface area contributed by atoms with Gasteiger partial charge in [0.15, 0.2) is 11.5 Å². The molecule has 0 atom stereocenters. The van der Waals surface area contributed by atoms with Crippen molar-refractivity contribution in [3.05, 3.63) is 12.1 Å². The van der Waals surface area contributed by atoms with Crippen molar-refractivity contribution < 1.29 is 32.2 Å². The molecule has 146 valence electrons. The molecule has 0 bridgehead atoms. The first-order chi connectivity index (χ1) is 12.3. The van der Waals surface area contributed by atoms with Crippen LogP contribution in [0.15, 0.2) is 12.1 Å². The van der Waals surface area contributed by atoms with Gasteiger partial charge in [0, 0.05) is 38.3 Å². The molecule has 2 amide bonds. The number of hydrogen-bond donors (Lipinski definition) is 1. The first-order valence-corrected chi connectivity index (χ1v) is 7.92. The van der Waals surface area contributed by atoms with Crippen LogP contribution in [0.1, 0.15) is 0 Å². The van der Waals surface area contributed by atoms with Gasteiger partial charge in [0.2, 0.25) is 5.75 Å². The van der Waals surface area contributed by atoms with Crippen LogP contribution in [0.2, 0.25) is 0 Å². The Hall–Kier alpha value is -2.36. The maximum absolute atomic E-state index is 12.4. The number of piperazine rings is 1. The molecule has 0 aromatic heterocycles. The van der Waals surface area contributed by atoms with E-state index in [0.29, 0.717) is 22.9 Å². The molecule has 0 unspecified atom stereocenters. The Balaban J connectivity index is 2.00. The molecule has 7 nitrogen and oxygen atoms in total. The van der Waals surface area contributed by atoms with Crippen molar-refractivity contribution in [1.29, 1.82) is 0 Å². The van der Waals surface area contributed by atoms with Gasteiger partial charge in [-0.05, 0) is 0 Å². The summed E-state index contributed by atoms with van der Waals surface area (Å²) in [7, 11) is 4.39. The number of benzene rings is 1. The zero-order valence-corrected chi connectivity index (χ0v) is 14.9. The highest BCUT2D eigenvalue weighted by atomic mass is 19.4. The monoisotopic (exact) mass is 377 g/mol. The predicted octanol–water partition coefficient (Wildman–Crippen LogP) is 2.42. The highest BCUT2D eigenvalue weighted by Crippen LogP contribution is 2.40. The second-order valence-corrected chi connectivity index (χ2v) is 5.72. The van der Waals surface area contributed by atoms with Crippen molar-refractivity contribution in [1.82, 2.24) is 9.80 Å². The van der Waals surface area contributed by atoms with Crippen LogP contribution in [0.25, 0.3) is 0 Å². The minimum Gasteiger partial charge on any atom is -0.493 e. The number of ether oxygens (including phenoxy) is 3. The summed E-state index contributed by atoms with van der Waals surface area (Å²) in [6.45, 7) is -0.196. The van der Waals surface area contributed by atoms with Gasteiger partial charge in [0.25, 0.3) is 0 Å². The van der Waals surface area contributed by atoms with E-state index >= 15 is 0 Å². The number of amides is 2. The third-order valence-corrected chi connectivity index (χ3v) is 3.98. The first-order valence-electron chi connectivity index (χ1n) is 7.92. The van der Waals surface area contributed by atoms with Gasteiger partial charge in [-0.3, -0.25) is 4.90 Å². The molecule has 1 fully saturated rings. The number of nitrogens with zero attached hydrogens (tertiary/aromatic N) is 2. The van der Waals surface area contributed by atoms with Crippen molar-refractivity contribution in [2.45, 2.75) is 6.18 Å². The summed E-state index contributed by atoms with van der Waals surface area (Å²) in [6, 6.07) is 2.77. The van der Waals surface area contributed by atoms with Crippen molar-refractivity contribution in [3.8, 4) is 17.2 Å². The summed E-state index contributed by atoms with van der Waals surface area (Å²) in [5.41, 5.74) is 0.433. The van der Waals surface area contributed by atoms with Crippen LogP contribution in [0.3, 0.4) is 0 Å². The number of carbonyl (C=O) groups is 1. The van der Waals surface area contributed by atoms with Crippen LogP contribution in [0.5, 0.6) is 17.2 Å². The zero-order chi connectivity index (χ0) is 19.3. The van der Waals surface area contributed by atoms with Gasteiger partial charge in [-0.2, -0.15) is 13.2 Å². The lowest BCUT2D eigenvalue weighted by Crippen LogP contribution is -2.51. The lowest BCUT2D eigenvalue weighted by atomic mass is 10.2. The van der Waals surface area contributed by atoms with E-state index in [9.17, 15) is 18.0 Å². The van der Waals surface area contributed by atoms with E-state index in [1.807, 2.05) is 0 Å². The molecule has 0 radical (unpaired) electrons. The molecule has 1 aliphatic rings. The molecule has 1 aromatic carbocycles. The summed E-state index contributed by atoms with van der Waals surface area (Å²) < 4.78 is 52.9. The quantitative estimate of drug-likeness (QED) is 0.854. The molecule has 2 rings (SSSR count). The number of carbonyl (C=O) groups excluding carboxylic acids is 1. The number of rotatable bonds is 5. The molecule has 0 aliphatic carbocycles. The second kappa shape index (κ2) is 8.35. The van der Waals surface area contributed by atoms with Crippen molar-refractivity contribution >= 4 is 11.7 Å². The summed E-state index contributed by atoms with van der Waals surface area (Å²) in [5.74, 6) is 1.17. The fourth-order valence-electron chi connectivity index (χ4n) is 2.72. The Morgan fingerprint density at radius 2 is 1.58 bits per heavy atom. The predicted molar refractivity (Wildman–Crippen MR) is 89.2 cm³/mol. The van der Waals surface area contributed by atoms with Gasteiger partial charge in [0.1, 0.15) is 0 Å². The average Bonchev–Trinajstić information content (AvgIpc) is 2.59. The Morgan fingerprint density at radius 1 is 1.04 bits per heavy atom. The van der Waals surface area contributed by atoms with Crippen LogP contribution in [0, 0.1) is 0 Å². The normalized spacial score (nSPS) is 15.5. The standard InChI is InChI=1S/C16H22F3N3O4/c1-24-12-8-11(9-13(25-2)14(12)26-3)20-15(23)22-6-4-21(5-7-22)10-16(17,18)19/h8-9H,4-7,10H2,1-3H3,(H,20,23). The number of anilines is 1. The molecule has 1 saturated heterocycles. The SMILES string of the molecule is COc1cc(NC(=O)N2CCN(CC(F)(F)F)CC2)cc(OC)c1OC. The Bertz CT molecular complexity index is 607. The summed E-state index contributed by atoms with van der Waals surface area (Å²) in [6.07, 6.45) is -4.24. The fourth-order valence-corrected chi connectivity index (χ4v) is 2.72. The zero-order valence-electron chi connectivity index (χ0n) is 14.9. The third kappa shape index (κ3) is 5.07. The summed E-state index contributed by atoms with van der Waals surface area (Å²) >= 11 is 0. The van der Waals surface area contributed by atoms with Gasteiger partial charge >= 0.3 is 12.2 Å². The third-order valence-electron chi connectivity index (χ3n) is 3.98. The highest BCUT2D eigenvalue weighted by Gasteiger charge is 2.32. The van der Waals surface area contributed by atoms with Gasteiger partial charge < -0.3 is 24.4 Å². The molecule has 0 spiro atoms. The smallest absolute Gasteiger partial charge is 0.401 e. The van der Waals surface area contributed by atoms with Crippen LogP contribution < -0.4 is 19.5 Å². The largest absolute Gasteiger partial charge is 0.493 e. The van der Waals surface area contributed by atoms with Crippen LogP contribution >= 0.6 is 0 Å². The van der Waals surface area contributed by atoms with E-state index in [2.05, 4.69) is 5.32 Å². The van der Waals surface area contributed by atoms with Crippen LogP contribution in [-0.4, -0.2) is 76.1 Å². The molecule has 1 heterocycles. The molecule has 1 N–H and O–H groups in total. The van der Waals surface area contributed by atoms with E-state index < -0.39 is 18.8 Å². The summed E-state index contributed by atoms with van der Waals surface area (Å²) in [4.78, 5) is 15.1. The van der Waals surface area contributed by atoms with E-state index in [0.717, 1.165) is 0 Å². The number of halogens is 3. The molecular formula is C16H22F3N3O4. The van der Waals surface area contributed by atoms with E-state index in [1.165, 1.54) is 31.1 Å². The van der Waals surface area contributed by atoms with E-state index in [-0.39, 0.29) is 26.2 Å². The van der Waals surface area contributed by atoms with Crippen molar-refractivity contribution in [3.63, 3.8) is 0 Å². The molecule has 1 aromatic rings.